The molecule has 0 aliphatic carbocycles. The number of carbonyl (C=O) groups excluding carboxylic acids is 1. The summed E-state index contributed by atoms with van der Waals surface area (Å²) in [6.07, 6.45) is 0. The SMILES string of the molecule is CCOC(=O)CS(=O)(=O)N(C)c1ccccc1C(=O)O. The monoisotopic (exact) mass is 301 g/mol. The first kappa shape index (κ1) is 16.0. The maximum Gasteiger partial charge on any atom is 0.337 e. The topological polar surface area (TPSA) is 101 Å². The Morgan fingerprint density at radius 3 is 2.45 bits per heavy atom. The smallest absolute Gasteiger partial charge is 0.337 e. The Morgan fingerprint density at radius 2 is 1.90 bits per heavy atom. The summed E-state index contributed by atoms with van der Waals surface area (Å²) in [6, 6.07) is 5.64. The highest BCUT2D eigenvalue weighted by atomic mass is 32.2. The fourth-order valence-electron chi connectivity index (χ4n) is 1.53. The highest BCUT2D eigenvalue weighted by Gasteiger charge is 2.26. The number of esters is 1. The predicted octanol–water partition coefficient (Wildman–Crippen LogP) is 0.714. The van der Waals surface area contributed by atoms with Crippen LogP contribution in [0.4, 0.5) is 5.69 Å². The zero-order valence-electron chi connectivity index (χ0n) is 11.1. The molecule has 0 heterocycles. The second kappa shape index (κ2) is 6.38. The number of rotatable bonds is 6. The van der Waals surface area contributed by atoms with Crippen LogP contribution in [0.2, 0.25) is 0 Å². The van der Waals surface area contributed by atoms with Gasteiger partial charge in [-0.25, -0.2) is 13.2 Å². The van der Waals surface area contributed by atoms with Gasteiger partial charge in [-0.2, -0.15) is 0 Å². The number of anilines is 1. The normalized spacial score (nSPS) is 10.9. The van der Waals surface area contributed by atoms with E-state index in [9.17, 15) is 18.0 Å². The molecule has 0 aliphatic heterocycles. The summed E-state index contributed by atoms with van der Waals surface area (Å²) in [5.74, 6) is -2.98. The van der Waals surface area contributed by atoms with Gasteiger partial charge in [-0.1, -0.05) is 12.1 Å². The van der Waals surface area contributed by atoms with Crippen molar-refractivity contribution < 1.29 is 27.9 Å². The average Bonchev–Trinajstić information content (AvgIpc) is 2.37. The van der Waals surface area contributed by atoms with Crippen molar-refractivity contribution in [1.29, 1.82) is 0 Å². The third-order valence-corrected chi connectivity index (χ3v) is 4.13. The van der Waals surface area contributed by atoms with Crippen molar-refractivity contribution in [2.75, 3.05) is 23.7 Å². The van der Waals surface area contributed by atoms with Crippen molar-refractivity contribution in [2.45, 2.75) is 6.92 Å². The third-order valence-electron chi connectivity index (χ3n) is 2.50. The first-order valence-electron chi connectivity index (χ1n) is 5.74. The molecule has 20 heavy (non-hydrogen) atoms. The summed E-state index contributed by atoms with van der Waals surface area (Å²) in [5, 5.41) is 9.03. The van der Waals surface area contributed by atoms with E-state index in [2.05, 4.69) is 4.74 Å². The van der Waals surface area contributed by atoms with Crippen LogP contribution in [0, 0.1) is 0 Å². The van der Waals surface area contributed by atoms with Gasteiger partial charge in [0.15, 0.2) is 5.75 Å². The van der Waals surface area contributed by atoms with E-state index in [0.29, 0.717) is 0 Å². The summed E-state index contributed by atoms with van der Waals surface area (Å²) in [6.45, 7) is 1.64. The number of carboxylic acid groups (broad SMARTS) is 1. The van der Waals surface area contributed by atoms with Gasteiger partial charge in [-0.3, -0.25) is 9.10 Å². The van der Waals surface area contributed by atoms with Crippen LogP contribution in [0.1, 0.15) is 17.3 Å². The van der Waals surface area contributed by atoms with Gasteiger partial charge in [0, 0.05) is 7.05 Å². The Morgan fingerprint density at radius 1 is 1.30 bits per heavy atom. The molecule has 0 fully saturated rings. The van der Waals surface area contributed by atoms with Crippen LogP contribution in [0.15, 0.2) is 24.3 Å². The predicted molar refractivity (Wildman–Crippen MR) is 72.2 cm³/mol. The number of benzene rings is 1. The molecule has 1 N–H and O–H groups in total. The molecule has 0 radical (unpaired) electrons. The van der Waals surface area contributed by atoms with Crippen molar-refractivity contribution in [2.24, 2.45) is 0 Å². The molecule has 0 aliphatic rings. The summed E-state index contributed by atoms with van der Waals surface area (Å²) < 4.78 is 29.4. The summed E-state index contributed by atoms with van der Waals surface area (Å²) in [7, 11) is -2.80. The molecular formula is C12H15NO6S. The van der Waals surface area contributed by atoms with Crippen LogP contribution in [-0.4, -0.2) is 44.9 Å². The second-order valence-corrected chi connectivity index (χ2v) is 5.85. The lowest BCUT2D eigenvalue weighted by molar-refractivity contribution is -0.139. The minimum absolute atomic E-state index is 0.00991. The van der Waals surface area contributed by atoms with Crippen molar-refractivity contribution in [1.82, 2.24) is 0 Å². The lowest BCUT2D eigenvalue weighted by Gasteiger charge is -2.20. The third kappa shape index (κ3) is 3.70. The molecule has 110 valence electrons. The number of carbonyl (C=O) groups is 2. The highest BCUT2D eigenvalue weighted by Crippen LogP contribution is 2.22. The molecule has 7 nitrogen and oxygen atoms in total. The number of para-hydroxylation sites is 1. The maximum atomic E-state index is 12.0. The molecule has 0 unspecified atom stereocenters. The lowest BCUT2D eigenvalue weighted by Crippen LogP contribution is -2.34. The first-order valence-corrected chi connectivity index (χ1v) is 7.35. The van der Waals surface area contributed by atoms with Gasteiger partial charge in [0.05, 0.1) is 17.9 Å². The molecule has 1 aromatic rings. The van der Waals surface area contributed by atoms with E-state index < -0.39 is 27.7 Å². The van der Waals surface area contributed by atoms with Crippen LogP contribution in [0.25, 0.3) is 0 Å². The van der Waals surface area contributed by atoms with Gasteiger partial charge in [-0.05, 0) is 19.1 Å². The Bertz CT molecular complexity index is 610. The molecule has 0 atom stereocenters. The lowest BCUT2D eigenvalue weighted by atomic mass is 10.2. The molecule has 0 saturated carbocycles. The Balaban J connectivity index is 3.08. The largest absolute Gasteiger partial charge is 0.478 e. The van der Waals surface area contributed by atoms with Crippen LogP contribution < -0.4 is 4.31 Å². The van der Waals surface area contributed by atoms with Crippen molar-refractivity contribution in [3.63, 3.8) is 0 Å². The Kier molecular flexibility index (Phi) is 5.09. The number of aromatic carboxylic acids is 1. The van der Waals surface area contributed by atoms with Gasteiger partial charge in [0.25, 0.3) is 0 Å². The van der Waals surface area contributed by atoms with Crippen LogP contribution in [0.5, 0.6) is 0 Å². The van der Waals surface area contributed by atoms with E-state index >= 15 is 0 Å². The number of ether oxygens (including phenoxy) is 1. The Hall–Kier alpha value is -2.09. The van der Waals surface area contributed by atoms with Crippen molar-refractivity contribution in [3.8, 4) is 0 Å². The first-order chi connectivity index (χ1) is 9.29. The highest BCUT2D eigenvalue weighted by molar-refractivity contribution is 7.93. The van der Waals surface area contributed by atoms with E-state index in [1.54, 1.807) is 6.92 Å². The van der Waals surface area contributed by atoms with Gasteiger partial charge in [-0.15, -0.1) is 0 Å². The number of hydrogen-bond acceptors (Lipinski definition) is 5. The molecular weight excluding hydrogens is 286 g/mol. The number of nitrogens with zero attached hydrogens (tertiary/aromatic N) is 1. The summed E-state index contributed by atoms with van der Waals surface area (Å²) >= 11 is 0. The fraction of sp³-hybridized carbons (Fsp3) is 0.333. The van der Waals surface area contributed by atoms with E-state index in [-0.39, 0.29) is 17.9 Å². The van der Waals surface area contributed by atoms with Crippen molar-refractivity contribution in [3.05, 3.63) is 29.8 Å². The standard InChI is InChI=1S/C12H15NO6S/c1-3-19-11(14)8-20(17,18)13(2)10-7-5-4-6-9(10)12(15)16/h4-7H,3,8H2,1-2H3,(H,15,16). The average molecular weight is 301 g/mol. The molecule has 8 heteroatoms. The van der Waals surface area contributed by atoms with E-state index in [0.717, 1.165) is 4.31 Å². The Labute approximate surface area is 116 Å². The van der Waals surface area contributed by atoms with Gasteiger partial charge in [0.2, 0.25) is 10.0 Å². The summed E-state index contributed by atoms with van der Waals surface area (Å²) in [5.41, 5.74) is -0.174. The molecule has 0 aromatic heterocycles. The fourth-order valence-corrected chi connectivity index (χ4v) is 2.56. The van der Waals surface area contributed by atoms with Gasteiger partial charge in [0.1, 0.15) is 0 Å². The number of carboxylic acids is 1. The van der Waals surface area contributed by atoms with E-state index in [1.807, 2.05) is 0 Å². The zero-order valence-corrected chi connectivity index (χ0v) is 11.9. The quantitative estimate of drug-likeness (QED) is 0.777. The molecule has 0 amide bonds. The van der Waals surface area contributed by atoms with E-state index in [4.69, 9.17) is 5.11 Å². The van der Waals surface area contributed by atoms with E-state index in [1.165, 1.54) is 31.3 Å². The number of sulfonamides is 1. The molecule has 0 bridgehead atoms. The van der Waals surface area contributed by atoms with Gasteiger partial charge >= 0.3 is 11.9 Å². The van der Waals surface area contributed by atoms with Crippen molar-refractivity contribution >= 4 is 27.6 Å². The van der Waals surface area contributed by atoms with Gasteiger partial charge < -0.3 is 9.84 Å². The minimum Gasteiger partial charge on any atom is -0.478 e. The molecule has 0 saturated heterocycles. The number of hydrogen-bond donors (Lipinski definition) is 1. The summed E-state index contributed by atoms with van der Waals surface area (Å²) in [4.78, 5) is 22.3. The second-order valence-electron chi connectivity index (χ2n) is 3.85. The molecule has 1 aromatic carbocycles. The maximum absolute atomic E-state index is 12.0. The minimum atomic E-state index is -4.00. The van der Waals surface area contributed by atoms with Crippen LogP contribution in [0.3, 0.4) is 0 Å². The molecule has 0 spiro atoms. The molecule has 1 rings (SSSR count). The zero-order chi connectivity index (χ0) is 15.3. The van der Waals surface area contributed by atoms with Crippen LogP contribution in [-0.2, 0) is 19.6 Å². The van der Waals surface area contributed by atoms with Crippen LogP contribution >= 0.6 is 0 Å².